The normalized spacial score (nSPS) is 20.3. The van der Waals surface area contributed by atoms with Crippen LogP contribution in [0.5, 0.6) is 5.88 Å². The number of nitrogens with one attached hydrogen (secondary N) is 1. The Labute approximate surface area is 204 Å². The van der Waals surface area contributed by atoms with Gasteiger partial charge in [-0.15, -0.1) is 0 Å². The first-order chi connectivity index (χ1) is 16.7. The van der Waals surface area contributed by atoms with Crippen LogP contribution >= 0.6 is 0 Å². The average Bonchev–Trinajstić information content (AvgIpc) is 3.44. The summed E-state index contributed by atoms with van der Waals surface area (Å²) in [6.45, 7) is 6.82. The van der Waals surface area contributed by atoms with Crippen molar-refractivity contribution in [2.24, 2.45) is 5.92 Å². The molecule has 2 unspecified atom stereocenters. The maximum absolute atomic E-state index is 11.8. The number of aryl methyl sites for hydroxylation is 1. The molecule has 4 heterocycles. The van der Waals surface area contributed by atoms with Crippen LogP contribution in [0.15, 0.2) is 36.7 Å². The van der Waals surface area contributed by atoms with E-state index in [1.807, 2.05) is 44.3 Å². The third kappa shape index (κ3) is 4.83. The zero-order valence-electron chi connectivity index (χ0n) is 20.1. The molecule has 2 saturated heterocycles. The molecule has 2 atom stereocenters. The fraction of sp³-hybridized carbons (Fsp3) is 0.458. The van der Waals surface area contributed by atoms with Crippen LogP contribution in [-0.2, 0) is 14.8 Å². The van der Waals surface area contributed by atoms with E-state index in [1.165, 1.54) is 10.6 Å². The summed E-state index contributed by atoms with van der Waals surface area (Å²) in [5, 5.41) is 7.33. The Balaban J connectivity index is 1.37. The van der Waals surface area contributed by atoms with Crippen LogP contribution in [0.4, 0.5) is 5.69 Å². The first-order valence-corrected chi connectivity index (χ1v) is 13.6. The van der Waals surface area contributed by atoms with Crippen LogP contribution in [-0.4, -0.2) is 78.3 Å². The second kappa shape index (κ2) is 9.12. The van der Waals surface area contributed by atoms with E-state index in [1.54, 1.807) is 10.7 Å². The number of anilines is 1. The van der Waals surface area contributed by atoms with E-state index in [-0.39, 0.29) is 17.9 Å². The van der Waals surface area contributed by atoms with E-state index in [4.69, 9.17) is 9.72 Å². The number of rotatable bonds is 6. The summed E-state index contributed by atoms with van der Waals surface area (Å²) in [6, 6.07) is 8.08. The number of carbonyl (C=O) groups is 1. The topological polar surface area (TPSA) is 109 Å². The summed E-state index contributed by atoms with van der Waals surface area (Å²) in [7, 11) is -3.15. The molecule has 2 aliphatic heterocycles. The van der Waals surface area contributed by atoms with Gasteiger partial charge in [0.25, 0.3) is 0 Å². The molecule has 11 heteroatoms. The summed E-state index contributed by atoms with van der Waals surface area (Å²) in [6.07, 6.45) is 5.21. The number of nitrogens with zero attached hydrogens (tertiary/aromatic N) is 5. The predicted octanol–water partition coefficient (Wildman–Crippen LogP) is 1.69. The molecular weight excluding hydrogens is 468 g/mol. The lowest BCUT2D eigenvalue weighted by Gasteiger charge is -2.34. The minimum absolute atomic E-state index is 0.0515. The molecule has 0 aliphatic carbocycles. The first kappa shape index (κ1) is 23.6. The van der Waals surface area contributed by atoms with Gasteiger partial charge in [-0.25, -0.2) is 17.9 Å². The standard InChI is InChI=1S/C24H30N6O4S/c1-16-13-26-30-15-21(27-24(23(16)30)34-17(2)19-12-22(31)25-14-19)18-4-6-20(7-5-18)28-8-10-29(11-9-28)35(3,32)33/h4-7,13,15,17,19H,8-12,14H2,1-3H3,(H,25,31). The molecular formula is C24H30N6O4S. The van der Waals surface area contributed by atoms with Crippen LogP contribution in [0.3, 0.4) is 0 Å². The molecule has 2 aromatic heterocycles. The molecule has 0 bridgehead atoms. The Bertz CT molecular complexity index is 1350. The summed E-state index contributed by atoms with van der Waals surface area (Å²) >= 11 is 0. The lowest BCUT2D eigenvalue weighted by atomic mass is 10.0. The maximum atomic E-state index is 11.8. The zero-order chi connectivity index (χ0) is 24.7. The van der Waals surface area contributed by atoms with Gasteiger partial charge in [-0.1, -0.05) is 12.1 Å². The van der Waals surface area contributed by atoms with E-state index in [0.717, 1.165) is 28.0 Å². The summed E-state index contributed by atoms with van der Waals surface area (Å²) in [5.74, 6) is 0.652. The molecule has 2 fully saturated rings. The maximum Gasteiger partial charge on any atom is 0.241 e. The SMILES string of the molecule is Cc1cnn2cc(-c3ccc(N4CCN(S(C)(=O)=O)CC4)cc3)nc(OC(C)C3CNC(=O)C3)c12. The van der Waals surface area contributed by atoms with E-state index in [2.05, 4.69) is 15.3 Å². The van der Waals surface area contributed by atoms with Crippen molar-refractivity contribution in [3.8, 4) is 17.1 Å². The van der Waals surface area contributed by atoms with Gasteiger partial charge in [0.15, 0.2) is 0 Å². The number of ether oxygens (including phenoxy) is 1. The molecule has 0 spiro atoms. The zero-order valence-corrected chi connectivity index (χ0v) is 21.0. The van der Waals surface area contributed by atoms with Crippen molar-refractivity contribution in [2.45, 2.75) is 26.4 Å². The predicted molar refractivity (Wildman–Crippen MR) is 133 cm³/mol. The Hall–Kier alpha value is -3.18. The third-order valence-corrected chi connectivity index (χ3v) is 8.16. The number of hydrogen-bond acceptors (Lipinski definition) is 7. The van der Waals surface area contributed by atoms with Crippen LogP contribution in [0.25, 0.3) is 16.8 Å². The highest BCUT2D eigenvalue weighted by Gasteiger charge is 2.29. The second-order valence-corrected chi connectivity index (χ2v) is 11.3. The number of amides is 1. The van der Waals surface area contributed by atoms with Gasteiger partial charge in [0, 0.05) is 61.9 Å². The van der Waals surface area contributed by atoms with Gasteiger partial charge in [-0.3, -0.25) is 4.79 Å². The minimum atomic E-state index is -3.15. The monoisotopic (exact) mass is 498 g/mol. The molecule has 2 aliphatic rings. The van der Waals surface area contributed by atoms with Gasteiger partial charge in [-0.2, -0.15) is 9.40 Å². The van der Waals surface area contributed by atoms with Gasteiger partial charge in [0.05, 0.1) is 24.3 Å². The van der Waals surface area contributed by atoms with E-state index < -0.39 is 10.0 Å². The van der Waals surface area contributed by atoms with E-state index >= 15 is 0 Å². The number of sulfonamides is 1. The van der Waals surface area contributed by atoms with Crippen molar-refractivity contribution in [2.75, 3.05) is 43.9 Å². The number of aromatic nitrogens is 3. The average molecular weight is 499 g/mol. The lowest BCUT2D eigenvalue weighted by molar-refractivity contribution is -0.119. The number of fused-ring (bicyclic) bond motifs is 1. The lowest BCUT2D eigenvalue weighted by Crippen LogP contribution is -2.48. The fourth-order valence-electron chi connectivity index (χ4n) is 4.69. The molecule has 35 heavy (non-hydrogen) atoms. The molecule has 1 N–H and O–H groups in total. The van der Waals surface area contributed by atoms with Crippen molar-refractivity contribution in [3.05, 3.63) is 42.2 Å². The smallest absolute Gasteiger partial charge is 0.241 e. The van der Waals surface area contributed by atoms with Gasteiger partial charge >= 0.3 is 0 Å². The summed E-state index contributed by atoms with van der Waals surface area (Å²) < 4.78 is 33.1. The first-order valence-electron chi connectivity index (χ1n) is 11.8. The van der Waals surface area contributed by atoms with Crippen molar-refractivity contribution >= 4 is 27.1 Å². The van der Waals surface area contributed by atoms with Gasteiger partial charge in [0.1, 0.15) is 11.6 Å². The van der Waals surface area contributed by atoms with Gasteiger partial charge in [-0.05, 0) is 26.0 Å². The quantitative estimate of drug-likeness (QED) is 0.551. The van der Waals surface area contributed by atoms with E-state index in [0.29, 0.717) is 45.0 Å². The Morgan fingerprint density at radius 3 is 2.49 bits per heavy atom. The molecule has 0 saturated carbocycles. The van der Waals surface area contributed by atoms with Gasteiger partial charge < -0.3 is 15.0 Å². The molecule has 0 radical (unpaired) electrons. The van der Waals surface area contributed by atoms with Crippen molar-refractivity contribution in [1.29, 1.82) is 0 Å². The second-order valence-electron chi connectivity index (χ2n) is 9.34. The molecule has 186 valence electrons. The number of hydrogen-bond donors (Lipinski definition) is 1. The molecule has 3 aromatic rings. The van der Waals surface area contributed by atoms with Crippen LogP contribution in [0.1, 0.15) is 18.9 Å². The van der Waals surface area contributed by atoms with Crippen LogP contribution in [0, 0.1) is 12.8 Å². The Morgan fingerprint density at radius 2 is 1.86 bits per heavy atom. The van der Waals surface area contributed by atoms with Crippen molar-refractivity contribution < 1.29 is 17.9 Å². The highest BCUT2D eigenvalue weighted by molar-refractivity contribution is 7.88. The van der Waals surface area contributed by atoms with E-state index in [9.17, 15) is 13.2 Å². The molecule has 10 nitrogen and oxygen atoms in total. The van der Waals surface area contributed by atoms with Crippen LogP contribution in [0.2, 0.25) is 0 Å². The van der Waals surface area contributed by atoms with Crippen molar-refractivity contribution in [1.82, 2.24) is 24.2 Å². The highest BCUT2D eigenvalue weighted by atomic mass is 32.2. The fourth-order valence-corrected chi connectivity index (χ4v) is 5.52. The van der Waals surface area contributed by atoms with Crippen LogP contribution < -0.4 is 15.0 Å². The Morgan fingerprint density at radius 1 is 1.14 bits per heavy atom. The number of piperazine rings is 1. The minimum Gasteiger partial charge on any atom is -0.473 e. The number of carbonyl (C=O) groups excluding carboxylic acids is 1. The van der Waals surface area contributed by atoms with Gasteiger partial charge in [0.2, 0.25) is 21.8 Å². The summed E-state index contributed by atoms with van der Waals surface area (Å²) in [4.78, 5) is 18.7. The molecule has 1 aromatic carbocycles. The summed E-state index contributed by atoms with van der Waals surface area (Å²) in [5.41, 5.74) is 4.49. The Kier molecular flexibility index (Phi) is 6.14. The highest BCUT2D eigenvalue weighted by Crippen LogP contribution is 2.30. The third-order valence-electron chi connectivity index (χ3n) is 6.85. The largest absolute Gasteiger partial charge is 0.473 e. The molecule has 1 amide bonds. The number of benzene rings is 1. The molecule has 5 rings (SSSR count). The van der Waals surface area contributed by atoms with Crippen molar-refractivity contribution in [3.63, 3.8) is 0 Å².